The molecule has 1 fully saturated rings. The number of rotatable bonds is 7. The summed E-state index contributed by atoms with van der Waals surface area (Å²) < 4.78 is 10.7. The normalized spacial score (nSPS) is 18.7. The molecule has 1 aromatic carbocycles. The van der Waals surface area contributed by atoms with E-state index in [-0.39, 0.29) is 18.2 Å². The molecule has 0 aliphatic carbocycles. The molecular weight excluding hydrogens is 294 g/mol. The number of hydrogen-bond donors (Lipinski definition) is 2. The summed E-state index contributed by atoms with van der Waals surface area (Å²) in [6, 6.07) is 7.87. The van der Waals surface area contributed by atoms with E-state index in [2.05, 4.69) is 15.5 Å². The van der Waals surface area contributed by atoms with Gasteiger partial charge >= 0.3 is 6.03 Å². The monoisotopic (exact) mass is 321 g/mol. The molecule has 1 saturated heterocycles. The predicted octanol–water partition coefficient (Wildman–Crippen LogP) is 1.78. The van der Waals surface area contributed by atoms with Crippen LogP contribution in [0, 0.1) is 0 Å². The molecule has 6 heteroatoms. The van der Waals surface area contributed by atoms with Crippen molar-refractivity contribution >= 4 is 6.03 Å². The minimum absolute atomic E-state index is 0.106. The molecule has 2 atom stereocenters. The second-order valence-electron chi connectivity index (χ2n) is 5.98. The number of ether oxygens (including phenoxy) is 2. The summed E-state index contributed by atoms with van der Waals surface area (Å²) in [6.07, 6.45) is 2.26. The van der Waals surface area contributed by atoms with Crippen molar-refractivity contribution in [3.63, 3.8) is 0 Å². The van der Waals surface area contributed by atoms with Crippen LogP contribution in [0.2, 0.25) is 0 Å². The molecule has 1 aliphatic rings. The number of likely N-dealkylation sites (N-methyl/N-ethyl adjacent to an activating group) is 1. The number of carbonyl (C=O) groups excluding carboxylic acids is 1. The van der Waals surface area contributed by atoms with E-state index in [9.17, 15) is 4.79 Å². The van der Waals surface area contributed by atoms with Gasteiger partial charge in [0.2, 0.25) is 0 Å². The molecule has 2 rings (SSSR count). The van der Waals surface area contributed by atoms with Gasteiger partial charge in [0, 0.05) is 19.7 Å². The fourth-order valence-electron chi connectivity index (χ4n) is 2.69. The van der Waals surface area contributed by atoms with Crippen molar-refractivity contribution in [2.75, 3.05) is 40.9 Å². The van der Waals surface area contributed by atoms with Crippen LogP contribution in [0.5, 0.6) is 5.75 Å². The highest BCUT2D eigenvalue weighted by Crippen LogP contribution is 2.20. The van der Waals surface area contributed by atoms with Crippen LogP contribution >= 0.6 is 0 Å². The molecule has 0 radical (unpaired) electrons. The number of urea groups is 1. The van der Waals surface area contributed by atoms with E-state index in [1.165, 1.54) is 0 Å². The topological polar surface area (TPSA) is 62.8 Å². The van der Waals surface area contributed by atoms with Crippen molar-refractivity contribution in [1.29, 1.82) is 0 Å². The summed E-state index contributed by atoms with van der Waals surface area (Å²) >= 11 is 0. The van der Waals surface area contributed by atoms with Gasteiger partial charge in [-0.05, 0) is 44.6 Å². The molecule has 0 bridgehead atoms. The van der Waals surface area contributed by atoms with Gasteiger partial charge in [0.25, 0.3) is 0 Å². The number of carbonyl (C=O) groups is 1. The minimum atomic E-state index is -0.152. The molecular formula is C17H27N3O3. The van der Waals surface area contributed by atoms with Gasteiger partial charge in [-0.2, -0.15) is 0 Å². The Labute approximate surface area is 138 Å². The van der Waals surface area contributed by atoms with Crippen LogP contribution in [0.15, 0.2) is 24.3 Å². The zero-order chi connectivity index (χ0) is 16.7. The van der Waals surface area contributed by atoms with Gasteiger partial charge in [-0.3, -0.25) is 0 Å². The van der Waals surface area contributed by atoms with E-state index in [0.29, 0.717) is 13.1 Å². The average Bonchev–Trinajstić information content (AvgIpc) is 3.07. The molecule has 2 amide bonds. The fraction of sp³-hybridized carbons (Fsp3) is 0.588. The molecule has 1 aliphatic heterocycles. The van der Waals surface area contributed by atoms with Crippen LogP contribution < -0.4 is 15.4 Å². The summed E-state index contributed by atoms with van der Waals surface area (Å²) in [7, 11) is 5.65. The Hall–Kier alpha value is -1.79. The first-order chi connectivity index (χ1) is 11.1. The molecule has 128 valence electrons. The van der Waals surface area contributed by atoms with Gasteiger partial charge in [0.05, 0.1) is 19.3 Å². The molecule has 23 heavy (non-hydrogen) atoms. The van der Waals surface area contributed by atoms with Crippen molar-refractivity contribution in [1.82, 2.24) is 15.5 Å². The third-order valence-electron chi connectivity index (χ3n) is 4.09. The van der Waals surface area contributed by atoms with E-state index in [4.69, 9.17) is 9.47 Å². The summed E-state index contributed by atoms with van der Waals surface area (Å²) in [6.45, 7) is 1.91. The Morgan fingerprint density at radius 2 is 2.09 bits per heavy atom. The van der Waals surface area contributed by atoms with Crippen LogP contribution in [0.1, 0.15) is 24.4 Å². The first kappa shape index (κ1) is 17.6. The quantitative estimate of drug-likeness (QED) is 0.803. The third kappa shape index (κ3) is 5.41. The highest BCUT2D eigenvalue weighted by atomic mass is 16.5. The van der Waals surface area contributed by atoms with E-state index in [1.807, 2.05) is 38.4 Å². The summed E-state index contributed by atoms with van der Waals surface area (Å²) in [5.41, 5.74) is 1.13. The Morgan fingerprint density at radius 3 is 2.65 bits per heavy atom. The van der Waals surface area contributed by atoms with Crippen LogP contribution in [-0.2, 0) is 4.74 Å². The lowest BCUT2D eigenvalue weighted by Gasteiger charge is -2.25. The van der Waals surface area contributed by atoms with E-state index in [1.54, 1.807) is 7.11 Å². The van der Waals surface area contributed by atoms with Crippen molar-refractivity contribution in [2.24, 2.45) is 0 Å². The number of amides is 2. The maximum Gasteiger partial charge on any atom is 0.314 e. The second-order valence-corrected chi connectivity index (χ2v) is 5.98. The van der Waals surface area contributed by atoms with E-state index in [0.717, 1.165) is 30.8 Å². The van der Waals surface area contributed by atoms with Gasteiger partial charge in [-0.15, -0.1) is 0 Å². The highest BCUT2D eigenvalue weighted by molar-refractivity contribution is 5.73. The maximum atomic E-state index is 11.9. The van der Waals surface area contributed by atoms with Crippen LogP contribution in [0.3, 0.4) is 0 Å². The first-order valence-electron chi connectivity index (χ1n) is 8.04. The van der Waals surface area contributed by atoms with Gasteiger partial charge in [-0.25, -0.2) is 4.79 Å². The molecule has 0 aromatic heterocycles. The Bertz CT molecular complexity index is 484. The van der Waals surface area contributed by atoms with Gasteiger partial charge in [-0.1, -0.05) is 12.1 Å². The van der Waals surface area contributed by atoms with Gasteiger partial charge < -0.3 is 25.0 Å². The Kier molecular flexibility index (Phi) is 6.67. The molecule has 0 spiro atoms. The van der Waals surface area contributed by atoms with Crippen LogP contribution in [-0.4, -0.2) is 57.9 Å². The lowest BCUT2D eigenvalue weighted by molar-refractivity contribution is 0.111. The van der Waals surface area contributed by atoms with E-state index >= 15 is 0 Å². The zero-order valence-corrected chi connectivity index (χ0v) is 14.2. The smallest absolute Gasteiger partial charge is 0.314 e. The standard InChI is InChI=1S/C17H27N3O3/c1-20(2)16(13-6-8-14(22-3)9-7-13)12-19-17(21)18-11-15-5-4-10-23-15/h6-9,15-16H,4-5,10-12H2,1-3H3,(H2,18,19,21). The van der Waals surface area contributed by atoms with Crippen molar-refractivity contribution in [3.05, 3.63) is 29.8 Å². The Balaban J connectivity index is 1.82. The molecule has 1 aromatic rings. The fourth-order valence-corrected chi connectivity index (χ4v) is 2.69. The van der Waals surface area contributed by atoms with Crippen LogP contribution in [0.25, 0.3) is 0 Å². The van der Waals surface area contributed by atoms with E-state index < -0.39 is 0 Å². The third-order valence-corrected chi connectivity index (χ3v) is 4.09. The molecule has 0 saturated carbocycles. The molecule has 6 nitrogen and oxygen atoms in total. The van der Waals surface area contributed by atoms with Gasteiger partial charge in [0.15, 0.2) is 0 Å². The maximum absolute atomic E-state index is 11.9. The number of benzene rings is 1. The number of methoxy groups -OCH3 is 1. The van der Waals surface area contributed by atoms with Crippen molar-refractivity contribution in [3.8, 4) is 5.75 Å². The summed E-state index contributed by atoms with van der Waals surface area (Å²) in [5, 5.41) is 5.81. The Morgan fingerprint density at radius 1 is 1.35 bits per heavy atom. The largest absolute Gasteiger partial charge is 0.497 e. The SMILES string of the molecule is COc1ccc(C(CNC(=O)NCC2CCCO2)N(C)C)cc1. The molecule has 1 heterocycles. The van der Waals surface area contributed by atoms with Crippen LogP contribution in [0.4, 0.5) is 4.79 Å². The summed E-state index contributed by atoms with van der Waals surface area (Å²) in [4.78, 5) is 14.0. The lowest BCUT2D eigenvalue weighted by Crippen LogP contribution is -2.42. The van der Waals surface area contributed by atoms with Gasteiger partial charge in [0.1, 0.15) is 5.75 Å². The minimum Gasteiger partial charge on any atom is -0.497 e. The number of hydrogen-bond acceptors (Lipinski definition) is 4. The average molecular weight is 321 g/mol. The molecule has 2 N–H and O–H groups in total. The number of nitrogens with one attached hydrogen (secondary N) is 2. The van der Waals surface area contributed by atoms with Crippen molar-refractivity contribution < 1.29 is 14.3 Å². The number of nitrogens with zero attached hydrogens (tertiary/aromatic N) is 1. The predicted molar refractivity (Wildman–Crippen MR) is 89.8 cm³/mol. The second kappa shape index (κ2) is 8.74. The zero-order valence-electron chi connectivity index (χ0n) is 14.2. The highest BCUT2D eigenvalue weighted by Gasteiger charge is 2.18. The summed E-state index contributed by atoms with van der Waals surface area (Å²) in [5.74, 6) is 0.827. The molecule has 2 unspecified atom stereocenters. The lowest BCUT2D eigenvalue weighted by atomic mass is 10.1. The van der Waals surface area contributed by atoms with Crippen molar-refractivity contribution in [2.45, 2.75) is 25.0 Å². The first-order valence-corrected chi connectivity index (χ1v) is 8.04.